The average molecular weight is 268 g/mol. The van der Waals surface area contributed by atoms with Gasteiger partial charge in [0.1, 0.15) is 0 Å². The third-order valence-electron chi connectivity index (χ3n) is 3.93. The third-order valence-corrected chi connectivity index (χ3v) is 3.93. The lowest BCUT2D eigenvalue weighted by Gasteiger charge is -2.37. The molecule has 0 unspecified atom stereocenters. The summed E-state index contributed by atoms with van der Waals surface area (Å²) in [5.74, 6) is 0. The molecule has 0 saturated heterocycles. The molecule has 1 atom stereocenters. The summed E-state index contributed by atoms with van der Waals surface area (Å²) in [4.78, 5) is 11.4. The Morgan fingerprint density at radius 1 is 1.00 bits per heavy atom. The van der Waals surface area contributed by atoms with Crippen LogP contribution in [0.4, 0.5) is 0 Å². The number of hydrogen-bond donors (Lipinski definition) is 0. The molecule has 0 aromatic heterocycles. The molecule has 2 rings (SSSR count). The maximum atomic E-state index is 11.4. The summed E-state index contributed by atoms with van der Waals surface area (Å²) in [6.45, 7) is 4.66. The first-order valence-electron chi connectivity index (χ1n) is 6.91. The zero-order valence-corrected chi connectivity index (χ0v) is 12.0. The molecule has 0 spiro atoms. The van der Waals surface area contributed by atoms with Crippen LogP contribution in [0.25, 0.3) is 0 Å². The van der Waals surface area contributed by atoms with Crippen LogP contribution in [-0.4, -0.2) is 5.01 Å². The zero-order chi connectivity index (χ0) is 14.4. The lowest BCUT2D eigenvalue weighted by molar-refractivity contribution is 0.0901. The second-order valence-electron chi connectivity index (χ2n) is 5.12. The minimum atomic E-state index is -0.390. The molecule has 0 amide bonds. The molecule has 0 radical (unpaired) electrons. The monoisotopic (exact) mass is 268 g/mol. The van der Waals surface area contributed by atoms with Gasteiger partial charge in [0.15, 0.2) is 0 Å². The van der Waals surface area contributed by atoms with Crippen LogP contribution in [0.1, 0.15) is 31.4 Å². The molecule has 0 aliphatic rings. The highest BCUT2D eigenvalue weighted by molar-refractivity contribution is 5.24. The van der Waals surface area contributed by atoms with Crippen molar-refractivity contribution in [3.63, 3.8) is 0 Å². The van der Waals surface area contributed by atoms with Gasteiger partial charge in [-0.3, -0.25) is 0 Å². The van der Waals surface area contributed by atoms with E-state index in [1.807, 2.05) is 60.7 Å². The lowest BCUT2D eigenvalue weighted by atomic mass is 9.88. The summed E-state index contributed by atoms with van der Waals surface area (Å²) in [6, 6.07) is 20.0. The lowest BCUT2D eigenvalue weighted by Crippen LogP contribution is -2.39. The average Bonchev–Trinajstić information content (AvgIpc) is 2.53. The Morgan fingerprint density at radius 2 is 1.55 bits per heavy atom. The second kappa shape index (κ2) is 6.33. The van der Waals surface area contributed by atoms with Gasteiger partial charge in [-0.05, 0) is 24.5 Å². The molecule has 104 valence electrons. The highest BCUT2D eigenvalue weighted by Crippen LogP contribution is 2.33. The quantitative estimate of drug-likeness (QED) is 0.571. The smallest absolute Gasteiger partial charge is 0.0832 e. The number of hydrogen-bond acceptors (Lipinski definition) is 2. The molecule has 2 aromatic rings. The largest absolute Gasteiger partial charge is 0.246 e. The summed E-state index contributed by atoms with van der Waals surface area (Å²) < 4.78 is 0. The van der Waals surface area contributed by atoms with Crippen LogP contribution in [0.5, 0.6) is 0 Å². The SMILES string of the molecule is CC[C@@](C)(c1ccccc1)N(Cc1ccccc1)N=O. The highest BCUT2D eigenvalue weighted by atomic mass is 16.3. The van der Waals surface area contributed by atoms with Crippen molar-refractivity contribution in [2.75, 3.05) is 0 Å². The van der Waals surface area contributed by atoms with E-state index in [9.17, 15) is 4.91 Å². The van der Waals surface area contributed by atoms with Crippen LogP contribution >= 0.6 is 0 Å². The Kier molecular flexibility index (Phi) is 4.51. The van der Waals surface area contributed by atoms with Crippen LogP contribution in [0.2, 0.25) is 0 Å². The first-order valence-corrected chi connectivity index (χ1v) is 6.91. The van der Waals surface area contributed by atoms with E-state index in [0.29, 0.717) is 6.54 Å². The Morgan fingerprint density at radius 3 is 2.05 bits per heavy atom. The molecule has 0 saturated carbocycles. The standard InChI is InChI=1S/C17H20N2O/c1-3-17(2,16-12-8-5-9-13-16)19(18-20)14-15-10-6-4-7-11-15/h4-13H,3,14H2,1-2H3/t17-/m0/s1. The first-order chi connectivity index (χ1) is 9.70. The van der Waals surface area contributed by atoms with E-state index in [1.165, 1.54) is 0 Å². The Labute approximate surface area is 120 Å². The molecular weight excluding hydrogens is 248 g/mol. The normalized spacial score (nSPS) is 13.5. The fourth-order valence-corrected chi connectivity index (χ4v) is 2.38. The van der Waals surface area contributed by atoms with E-state index in [1.54, 1.807) is 5.01 Å². The van der Waals surface area contributed by atoms with Gasteiger partial charge >= 0.3 is 0 Å². The maximum absolute atomic E-state index is 11.4. The van der Waals surface area contributed by atoms with Crippen LogP contribution in [0.3, 0.4) is 0 Å². The van der Waals surface area contributed by atoms with E-state index in [2.05, 4.69) is 19.1 Å². The van der Waals surface area contributed by atoms with Crippen LogP contribution in [0, 0.1) is 4.91 Å². The topological polar surface area (TPSA) is 32.7 Å². The summed E-state index contributed by atoms with van der Waals surface area (Å²) >= 11 is 0. The maximum Gasteiger partial charge on any atom is 0.0832 e. The molecular formula is C17H20N2O. The fourth-order valence-electron chi connectivity index (χ4n) is 2.38. The third kappa shape index (κ3) is 2.87. The summed E-state index contributed by atoms with van der Waals surface area (Å²) in [7, 11) is 0. The molecule has 20 heavy (non-hydrogen) atoms. The van der Waals surface area contributed by atoms with Crippen molar-refractivity contribution < 1.29 is 0 Å². The van der Waals surface area contributed by atoms with E-state index in [0.717, 1.165) is 17.5 Å². The van der Waals surface area contributed by atoms with Gasteiger partial charge in [-0.15, -0.1) is 4.91 Å². The zero-order valence-electron chi connectivity index (χ0n) is 12.0. The second-order valence-corrected chi connectivity index (χ2v) is 5.12. The molecule has 0 N–H and O–H groups in total. The van der Waals surface area contributed by atoms with Crippen LogP contribution in [0.15, 0.2) is 65.9 Å². The van der Waals surface area contributed by atoms with Gasteiger partial charge in [0.2, 0.25) is 0 Å². The van der Waals surface area contributed by atoms with Gasteiger partial charge in [0.25, 0.3) is 0 Å². The first kappa shape index (κ1) is 14.3. The predicted molar refractivity (Wildman–Crippen MR) is 81.9 cm³/mol. The van der Waals surface area contributed by atoms with E-state index in [-0.39, 0.29) is 0 Å². The molecule has 3 heteroatoms. The Balaban J connectivity index is 2.30. The summed E-state index contributed by atoms with van der Waals surface area (Å²) in [5.41, 5.74) is 1.81. The molecule has 3 nitrogen and oxygen atoms in total. The van der Waals surface area contributed by atoms with Crippen molar-refractivity contribution in [2.24, 2.45) is 5.29 Å². The van der Waals surface area contributed by atoms with E-state index < -0.39 is 5.54 Å². The Hall–Kier alpha value is -2.16. The van der Waals surface area contributed by atoms with Gasteiger partial charge in [-0.2, -0.15) is 0 Å². The minimum Gasteiger partial charge on any atom is -0.246 e. The van der Waals surface area contributed by atoms with Crippen molar-refractivity contribution in [1.82, 2.24) is 5.01 Å². The number of rotatable bonds is 6. The molecule has 0 aliphatic carbocycles. The van der Waals surface area contributed by atoms with Crippen molar-refractivity contribution >= 4 is 0 Å². The van der Waals surface area contributed by atoms with Gasteiger partial charge < -0.3 is 0 Å². The number of nitroso groups, excluding NO2 is 1. The summed E-state index contributed by atoms with van der Waals surface area (Å²) in [5, 5.41) is 4.92. The molecule has 2 aromatic carbocycles. The van der Waals surface area contributed by atoms with Crippen LogP contribution < -0.4 is 0 Å². The molecule has 0 aliphatic heterocycles. The van der Waals surface area contributed by atoms with Gasteiger partial charge in [0.05, 0.1) is 17.4 Å². The fraction of sp³-hybridized carbons (Fsp3) is 0.294. The van der Waals surface area contributed by atoms with Gasteiger partial charge in [-0.25, -0.2) is 5.01 Å². The van der Waals surface area contributed by atoms with Crippen LogP contribution in [-0.2, 0) is 12.1 Å². The number of benzene rings is 2. The van der Waals surface area contributed by atoms with E-state index in [4.69, 9.17) is 0 Å². The van der Waals surface area contributed by atoms with Crippen molar-refractivity contribution in [2.45, 2.75) is 32.4 Å². The highest BCUT2D eigenvalue weighted by Gasteiger charge is 2.32. The van der Waals surface area contributed by atoms with Gasteiger partial charge in [-0.1, -0.05) is 67.6 Å². The van der Waals surface area contributed by atoms with E-state index >= 15 is 0 Å². The molecule has 0 bridgehead atoms. The summed E-state index contributed by atoms with van der Waals surface area (Å²) in [6.07, 6.45) is 0.815. The molecule has 0 fully saturated rings. The van der Waals surface area contributed by atoms with Crippen molar-refractivity contribution in [1.29, 1.82) is 0 Å². The minimum absolute atomic E-state index is 0.390. The Bertz CT molecular complexity index is 541. The van der Waals surface area contributed by atoms with Gasteiger partial charge in [0, 0.05) is 0 Å². The van der Waals surface area contributed by atoms with Crippen molar-refractivity contribution in [3.8, 4) is 0 Å². The van der Waals surface area contributed by atoms with Crippen molar-refractivity contribution in [3.05, 3.63) is 76.7 Å². The predicted octanol–water partition coefficient (Wildman–Crippen LogP) is 4.50. The number of nitrogens with zero attached hydrogens (tertiary/aromatic N) is 2. The molecule has 0 heterocycles.